The van der Waals surface area contributed by atoms with Crippen molar-refractivity contribution in [3.63, 3.8) is 0 Å². The van der Waals surface area contributed by atoms with E-state index in [4.69, 9.17) is 9.47 Å². The molecule has 3 aromatic carbocycles. The Morgan fingerprint density at radius 1 is 1.00 bits per heavy atom. The van der Waals surface area contributed by atoms with Gasteiger partial charge in [-0.05, 0) is 48.0 Å². The van der Waals surface area contributed by atoms with Crippen molar-refractivity contribution in [1.82, 2.24) is 0 Å². The summed E-state index contributed by atoms with van der Waals surface area (Å²) in [4.78, 5) is 23.6. The van der Waals surface area contributed by atoms with Crippen molar-refractivity contribution in [3.8, 4) is 11.5 Å². The minimum Gasteiger partial charge on any atom is -0.493 e. The number of carbonyl (C=O) groups is 1. The van der Waals surface area contributed by atoms with Gasteiger partial charge in [-0.3, -0.25) is 14.9 Å². The van der Waals surface area contributed by atoms with Crippen LogP contribution in [0.25, 0.3) is 0 Å². The van der Waals surface area contributed by atoms with E-state index in [2.05, 4.69) is 21.2 Å². The molecule has 160 valence electrons. The molecule has 0 fully saturated rings. The standard InChI is InChI=1S/C23H21BrN2O5/c1-30-22-12-5-16(13-23(22)31-2)21(27)14-20(25-18-8-6-17(24)7-9-18)15-3-10-19(11-4-15)26(28)29/h3-13,20,25H,14H2,1-2H3. The number of hydrogen-bond donors (Lipinski definition) is 1. The summed E-state index contributed by atoms with van der Waals surface area (Å²) in [6.07, 6.45) is 0.142. The highest BCUT2D eigenvalue weighted by Gasteiger charge is 2.20. The zero-order chi connectivity index (χ0) is 22.4. The van der Waals surface area contributed by atoms with Crippen LogP contribution < -0.4 is 14.8 Å². The maximum absolute atomic E-state index is 13.1. The van der Waals surface area contributed by atoms with Gasteiger partial charge in [-0.1, -0.05) is 28.1 Å². The summed E-state index contributed by atoms with van der Waals surface area (Å²) in [6.45, 7) is 0. The molecule has 0 saturated carbocycles. The number of methoxy groups -OCH3 is 2. The minimum atomic E-state index is -0.449. The van der Waals surface area contributed by atoms with Gasteiger partial charge in [0.05, 0.1) is 25.2 Å². The second kappa shape index (κ2) is 10.1. The minimum absolute atomic E-state index is 0.00245. The molecule has 1 unspecified atom stereocenters. The zero-order valence-corrected chi connectivity index (χ0v) is 18.6. The van der Waals surface area contributed by atoms with E-state index in [0.717, 1.165) is 15.7 Å². The lowest BCUT2D eigenvalue weighted by Gasteiger charge is -2.20. The van der Waals surface area contributed by atoms with E-state index in [1.54, 1.807) is 30.3 Å². The van der Waals surface area contributed by atoms with Crippen molar-refractivity contribution in [3.05, 3.63) is 92.4 Å². The van der Waals surface area contributed by atoms with Gasteiger partial charge in [0.25, 0.3) is 5.69 Å². The Balaban J connectivity index is 1.89. The predicted molar refractivity (Wildman–Crippen MR) is 122 cm³/mol. The number of nitrogens with zero attached hydrogens (tertiary/aromatic N) is 1. The lowest BCUT2D eigenvalue weighted by atomic mass is 9.97. The fraction of sp³-hybridized carbons (Fsp3) is 0.174. The number of ether oxygens (including phenoxy) is 2. The molecule has 3 aromatic rings. The number of carbonyl (C=O) groups excluding carboxylic acids is 1. The Kier molecular flexibility index (Phi) is 7.25. The summed E-state index contributed by atoms with van der Waals surface area (Å²) in [5.41, 5.74) is 2.08. The second-order valence-electron chi connectivity index (χ2n) is 6.75. The van der Waals surface area contributed by atoms with Crippen LogP contribution in [0, 0.1) is 10.1 Å². The van der Waals surface area contributed by atoms with Crippen LogP contribution in [0.5, 0.6) is 11.5 Å². The van der Waals surface area contributed by atoms with E-state index in [9.17, 15) is 14.9 Å². The number of halogens is 1. The smallest absolute Gasteiger partial charge is 0.269 e. The van der Waals surface area contributed by atoms with E-state index in [1.807, 2.05) is 24.3 Å². The number of rotatable bonds is 9. The van der Waals surface area contributed by atoms with E-state index < -0.39 is 4.92 Å². The van der Waals surface area contributed by atoms with Gasteiger partial charge < -0.3 is 14.8 Å². The Morgan fingerprint density at radius 3 is 2.23 bits per heavy atom. The number of non-ortho nitro benzene ring substituents is 1. The summed E-state index contributed by atoms with van der Waals surface area (Å²) < 4.78 is 11.5. The van der Waals surface area contributed by atoms with Crippen molar-refractivity contribution >= 4 is 33.1 Å². The summed E-state index contributed by atoms with van der Waals surface area (Å²) in [6, 6.07) is 18.4. The number of hydrogen-bond acceptors (Lipinski definition) is 6. The number of nitro benzene ring substituents is 1. The molecule has 0 radical (unpaired) electrons. The Bertz CT molecular complexity index is 1070. The maximum Gasteiger partial charge on any atom is 0.269 e. The molecule has 0 heterocycles. The van der Waals surface area contributed by atoms with Crippen LogP contribution in [0.1, 0.15) is 28.4 Å². The van der Waals surface area contributed by atoms with Crippen LogP contribution in [0.3, 0.4) is 0 Å². The van der Waals surface area contributed by atoms with E-state index in [0.29, 0.717) is 17.1 Å². The summed E-state index contributed by atoms with van der Waals surface area (Å²) in [5.74, 6) is 0.911. The van der Waals surface area contributed by atoms with Crippen LogP contribution >= 0.6 is 15.9 Å². The summed E-state index contributed by atoms with van der Waals surface area (Å²) in [5, 5.41) is 14.3. The Labute approximate surface area is 188 Å². The fourth-order valence-corrected chi connectivity index (χ4v) is 3.41. The lowest BCUT2D eigenvalue weighted by molar-refractivity contribution is -0.384. The van der Waals surface area contributed by atoms with E-state index >= 15 is 0 Å². The number of benzene rings is 3. The third-order valence-corrected chi connectivity index (χ3v) is 5.32. The van der Waals surface area contributed by atoms with Crippen LogP contribution in [0.4, 0.5) is 11.4 Å². The molecule has 0 amide bonds. The monoisotopic (exact) mass is 484 g/mol. The molecule has 1 atom stereocenters. The molecular weight excluding hydrogens is 464 g/mol. The first kappa shape index (κ1) is 22.3. The molecule has 0 aromatic heterocycles. The first-order valence-electron chi connectivity index (χ1n) is 9.43. The molecule has 1 N–H and O–H groups in total. The maximum atomic E-state index is 13.1. The molecular formula is C23H21BrN2O5. The van der Waals surface area contributed by atoms with Gasteiger partial charge in [0.15, 0.2) is 17.3 Å². The molecule has 3 rings (SSSR count). The van der Waals surface area contributed by atoms with Gasteiger partial charge in [-0.2, -0.15) is 0 Å². The molecule has 0 aliphatic heterocycles. The van der Waals surface area contributed by atoms with Gasteiger partial charge in [0, 0.05) is 34.3 Å². The summed E-state index contributed by atoms with van der Waals surface area (Å²) in [7, 11) is 3.05. The van der Waals surface area contributed by atoms with Crippen molar-refractivity contribution < 1.29 is 19.2 Å². The highest BCUT2D eigenvalue weighted by atomic mass is 79.9. The van der Waals surface area contributed by atoms with Gasteiger partial charge >= 0.3 is 0 Å². The molecule has 7 nitrogen and oxygen atoms in total. The lowest BCUT2D eigenvalue weighted by Crippen LogP contribution is -2.16. The Morgan fingerprint density at radius 2 is 1.65 bits per heavy atom. The molecule has 31 heavy (non-hydrogen) atoms. The normalized spacial score (nSPS) is 11.5. The first-order valence-corrected chi connectivity index (χ1v) is 10.2. The van der Waals surface area contributed by atoms with E-state index in [-0.39, 0.29) is 23.9 Å². The largest absolute Gasteiger partial charge is 0.493 e. The Hall–Kier alpha value is -3.39. The molecule has 0 aliphatic rings. The molecule has 0 spiro atoms. The van der Waals surface area contributed by atoms with Gasteiger partial charge in [0.1, 0.15) is 0 Å². The molecule has 0 saturated heterocycles. The molecule has 8 heteroatoms. The zero-order valence-electron chi connectivity index (χ0n) is 17.0. The summed E-state index contributed by atoms with van der Waals surface area (Å²) >= 11 is 3.41. The number of ketones is 1. The SMILES string of the molecule is COc1ccc(C(=O)CC(Nc2ccc(Br)cc2)c2ccc([N+](=O)[O-])cc2)cc1OC. The van der Waals surface area contributed by atoms with Crippen molar-refractivity contribution in [1.29, 1.82) is 0 Å². The average molecular weight is 485 g/mol. The molecule has 0 bridgehead atoms. The number of anilines is 1. The third-order valence-electron chi connectivity index (χ3n) is 4.79. The average Bonchev–Trinajstić information content (AvgIpc) is 2.79. The number of Topliss-reactive ketones (excluding diaryl/α,β-unsaturated/α-hetero) is 1. The van der Waals surface area contributed by atoms with Crippen LogP contribution in [0.15, 0.2) is 71.2 Å². The van der Waals surface area contributed by atoms with E-state index in [1.165, 1.54) is 26.4 Å². The molecule has 0 aliphatic carbocycles. The van der Waals surface area contributed by atoms with Crippen LogP contribution in [0.2, 0.25) is 0 Å². The fourth-order valence-electron chi connectivity index (χ4n) is 3.14. The van der Waals surface area contributed by atoms with Crippen molar-refractivity contribution in [2.45, 2.75) is 12.5 Å². The van der Waals surface area contributed by atoms with Gasteiger partial charge in [0.2, 0.25) is 0 Å². The third kappa shape index (κ3) is 5.61. The highest BCUT2D eigenvalue weighted by molar-refractivity contribution is 9.10. The quantitative estimate of drug-likeness (QED) is 0.234. The van der Waals surface area contributed by atoms with Gasteiger partial charge in [-0.15, -0.1) is 0 Å². The first-order chi connectivity index (χ1) is 14.9. The topological polar surface area (TPSA) is 90.7 Å². The van der Waals surface area contributed by atoms with Crippen molar-refractivity contribution in [2.24, 2.45) is 0 Å². The van der Waals surface area contributed by atoms with Gasteiger partial charge in [-0.25, -0.2) is 0 Å². The predicted octanol–water partition coefficient (Wildman–Crippen LogP) is 5.80. The van der Waals surface area contributed by atoms with Crippen LogP contribution in [-0.2, 0) is 0 Å². The highest BCUT2D eigenvalue weighted by Crippen LogP contribution is 2.31. The van der Waals surface area contributed by atoms with Crippen LogP contribution in [-0.4, -0.2) is 24.9 Å². The van der Waals surface area contributed by atoms with Crippen molar-refractivity contribution in [2.75, 3.05) is 19.5 Å². The number of nitro groups is 1. The second-order valence-corrected chi connectivity index (χ2v) is 7.67. The number of nitrogens with one attached hydrogen (secondary N) is 1.